The molecule has 31 heavy (non-hydrogen) atoms. The Morgan fingerprint density at radius 2 is 1.87 bits per heavy atom. The summed E-state index contributed by atoms with van der Waals surface area (Å²) in [6.07, 6.45) is 5.95. The van der Waals surface area contributed by atoms with Gasteiger partial charge in [-0.05, 0) is 67.7 Å². The summed E-state index contributed by atoms with van der Waals surface area (Å²) in [6, 6.07) is 8.10. The highest BCUT2D eigenvalue weighted by Crippen LogP contribution is 2.62. The van der Waals surface area contributed by atoms with E-state index in [4.69, 9.17) is 21.1 Å². The molecule has 0 amide bonds. The molecule has 5 nitrogen and oxygen atoms in total. The number of rotatable bonds is 3. The fraction of sp³-hybridized carbons (Fsp3) is 0.720. The van der Waals surface area contributed by atoms with Crippen LogP contribution in [-0.4, -0.2) is 61.9 Å². The fourth-order valence-corrected chi connectivity index (χ4v) is 7.41. The van der Waals surface area contributed by atoms with Crippen LogP contribution in [0.4, 0.5) is 5.69 Å². The number of halogens is 1. The first-order chi connectivity index (χ1) is 15.0. The lowest BCUT2D eigenvalue weighted by molar-refractivity contribution is -0.147. The Kier molecular flexibility index (Phi) is 4.82. The van der Waals surface area contributed by atoms with Crippen LogP contribution in [0.5, 0.6) is 0 Å². The molecule has 168 valence electrons. The summed E-state index contributed by atoms with van der Waals surface area (Å²) in [6.45, 7) is 8.12. The molecule has 0 unspecified atom stereocenters. The second kappa shape index (κ2) is 7.36. The minimum absolute atomic E-state index is 0.0226. The number of nitrogens with zero attached hydrogens (tertiary/aromatic N) is 2. The minimum Gasteiger partial charge on any atom is -0.462 e. The highest BCUT2D eigenvalue weighted by Gasteiger charge is 2.65. The average molecular weight is 445 g/mol. The van der Waals surface area contributed by atoms with Gasteiger partial charge in [0.2, 0.25) is 0 Å². The SMILES string of the molecule is C[C@]12CCC[C@@]3(CO3)[C@@H]1C[C@H]1[C@H](CN3CCN(c4ccc(Cl)cc4)CC3)C(=O)O[C@@H]1C2. The third kappa shape index (κ3) is 3.48. The van der Waals surface area contributed by atoms with Gasteiger partial charge in [-0.15, -0.1) is 0 Å². The molecule has 0 bridgehead atoms. The number of epoxide rings is 1. The van der Waals surface area contributed by atoms with Crippen LogP contribution in [0.15, 0.2) is 24.3 Å². The maximum atomic E-state index is 12.9. The monoisotopic (exact) mass is 444 g/mol. The van der Waals surface area contributed by atoms with Gasteiger partial charge in [0.05, 0.1) is 18.1 Å². The van der Waals surface area contributed by atoms with Crippen molar-refractivity contribution in [3.8, 4) is 0 Å². The van der Waals surface area contributed by atoms with E-state index >= 15 is 0 Å². The second-order valence-electron chi connectivity index (χ2n) is 10.9. The Labute approximate surface area is 190 Å². The molecule has 0 aromatic heterocycles. The zero-order valence-corrected chi connectivity index (χ0v) is 19.2. The number of benzene rings is 1. The molecule has 2 aliphatic carbocycles. The molecule has 2 saturated carbocycles. The molecule has 1 aromatic carbocycles. The van der Waals surface area contributed by atoms with Gasteiger partial charge < -0.3 is 14.4 Å². The van der Waals surface area contributed by atoms with Gasteiger partial charge in [0.15, 0.2) is 0 Å². The molecule has 3 aliphatic heterocycles. The summed E-state index contributed by atoms with van der Waals surface area (Å²) >= 11 is 6.03. The first kappa shape index (κ1) is 20.3. The number of carbonyl (C=O) groups is 1. The van der Waals surface area contributed by atoms with Gasteiger partial charge in [0.25, 0.3) is 0 Å². The van der Waals surface area contributed by atoms with E-state index in [-0.39, 0.29) is 29.0 Å². The van der Waals surface area contributed by atoms with Crippen LogP contribution in [-0.2, 0) is 14.3 Å². The Bertz CT molecular complexity index is 849. The van der Waals surface area contributed by atoms with Crippen LogP contribution in [0.1, 0.15) is 39.0 Å². The number of anilines is 1. The first-order valence-electron chi connectivity index (χ1n) is 12.0. The lowest BCUT2D eigenvalue weighted by Gasteiger charge is -2.51. The van der Waals surface area contributed by atoms with Crippen molar-refractivity contribution in [1.29, 1.82) is 0 Å². The summed E-state index contributed by atoms with van der Waals surface area (Å²) in [5.41, 5.74) is 1.62. The van der Waals surface area contributed by atoms with Crippen molar-refractivity contribution < 1.29 is 14.3 Å². The normalized spacial score (nSPS) is 42.3. The summed E-state index contributed by atoms with van der Waals surface area (Å²) in [5.74, 6) is 1.02. The quantitative estimate of drug-likeness (QED) is 0.521. The lowest BCUT2D eigenvalue weighted by Crippen LogP contribution is -2.52. The summed E-state index contributed by atoms with van der Waals surface area (Å²) in [7, 11) is 0. The topological polar surface area (TPSA) is 45.3 Å². The molecule has 3 saturated heterocycles. The number of hydrogen-bond acceptors (Lipinski definition) is 5. The highest BCUT2D eigenvalue weighted by atomic mass is 35.5. The number of piperazine rings is 1. The van der Waals surface area contributed by atoms with Crippen molar-refractivity contribution in [2.75, 3.05) is 44.2 Å². The van der Waals surface area contributed by atoms with Crippen LogP contribution < -0.4 is 4.90 Å². The Morgan fingerprint density at radius 1 is 1.13 bits per heavy atom. The zero-order chi connectivity index (χ0) is 21.2. The lowest BCUT2D eigenvalue weighted by atomic mass is 9.53. The zero-order valence-electron chi connectivity index (χ0n) is 18.4. The minimum atomic E-state index is 0.0226. The summed E-state index contributed by atoms with van der Waals surface area (Å²) in [5, 5.41) is 0.775. The fourth-order valence-electron chi connectivity index (χ4n) is 7.28. The van der Waals surface area contributed by atoms with Gasteiger partial charge in [-0.2, -0.15) is 0 Å². The van der Waals surface area contributed by atoms with E-state index in [1.807, 2.05) is 12.1 Å². The van der Waals surface area contributed by atoms with E-state index in [2.05, 4.69) is 28.9 Å². The van der Waals surface area contributed by atoms with Gasteiger partial charge in [0.1, 0.15) is 6.10 Å². The van der Waals surface area contributed by atoms with E-state index in [1.165, 1.54) is 24.9 Å². The molecular formula is C25H33ClN2O3. The molecule has 3 heterocycles. The van der Waals surface area contributed by atoms with E-state index in [0.717, 1.165) is 57.2 Å². The summed E-state index contributed by atoms with van der Waals surface area (Å²) in [4.78, 5) is 17.8. The molecular weight excluding hydrogens is 412 g/mol. The number of ether oxygens (including phenoxy) is 2. The van der Waals surface area contributed by atoms with Crippen LogP contribution in [0, 0.1) is 23.2 Å². The van der Waals surface area contributed by atoms with Crippen molar-refractivity contribution in [1.82, 2.24) is 4.90 Å². The molecule has 1 aromatic rings. The van der Waals surface area contributed by atoms with Crippen molar-refractivity contribution in [3.05, 3.63) is 29.3 Å². The van der Waals surface area contributed by atoms with Gasteiger partial charge in [-0.25, -0.2) is 0 Å². The molecule has 0 radical (unpaired) electrons. The Morgan fingerprint density at radius 3 is 2.58 bits per heavy atom. The molecule has 1 spiro atoms. The van der Waals surface area contributed by atoms with Gasteiger partial charge >= 0.3 is 5.97 Å². The standard InChI is InChI=1S/C25H33ClN2O3/c1-24-7-2-8-25(16-30-25)22(24)13-19-20(23(29)31-21(19)14-24)15-27-9-11-28(12-10-27)18-5-3-17(26)4-6-18/h3-6,19-22H,2,7-16H2,1H3/t19-,20-,21+,22+,24+,25+/m0/s1. The number of fused-ring (bicyclic) bond motifs is 3. The number of hydrogen-bond donors (Lipinski definition) is 0. The third-order valence-corrected chi connectivity index (χ3v) is 9.35. The van der Waals surface area contributed by atoms with Crippen molar-refractivity contribution in [2.24, 2.45) is 23.2 Å². The number of carbonyl (C=O) groups excluding carboxylic acids is 1. The van der Waals surface area contributed by atoms with Crippen molar-refractivity contribution >= 4 is 23.3 Å². The van der Waals surface area contributed by atoms with Crippen molar-refractivity contribution in [2.45, 2.75) is 50.7 Å². The predicted molar refractivity (Wildman–Crippen MR) is 120 cm³/mol. The number of esters is 1. The molecule has 6 rings (SSSR count). The van der Waals surface area contributed by atoms with Crippen LogP contribution in [0.25, 0.3) is 0 Å². The van der Waals surface area contributed by atoms with Gasteiger partial charge in [-0.1, -0.05) is 18.5 Å². The van der Waals surface area contributed by atoms with E-state index in [0.29, 0.717) is 11.8 Å². The maximum absolute atomic E-state index is 12.9. The van der Waals surface area contributed by atoms with Crippen LogP contribution in [0.3, 0.4) is 0 Å². The van der Waals surface area contributed by atoms with E-state index in [1.54, 1.807) is 0 Å². The first-order valence-corrected chi connectivity index (χ1v) is 12.4. The maximum Gasteiger partial charge on any atom is 0.310 e. The van der Waals surface area contributed by atoms with Crippen LogP contribution in [0.2, 0.25) is 5.02 Å². The molecule has 5 aliphatic rings. The van der Waals surface area contributed by atoms with E-state index in [9.17, 15) is 4.79 Å². The molecule has 0 N–H and O–H groups in total. The highest BCUT2D eigenvalue weighted by molar-refractivity contribution is 6.30. The van der Waals surface area contributed by atoms with Gasteiger partial charge in [0, 0.05) is 49.4 Å². The average Bonchev–Trinajstić information content (AvgIpc) is 3.46. The second-order valence-corrected chi connectivity index (χ2v) is 11.3. The smallest absolute Gasteiger partial charge is 0.310 e. The van der Waals surface area contributed by atoms with Crippen molar-refractivity contribution in [3.63, 3.8) is 0 Å². The Balaban J connectivity index is 1.11. The summed E-state index contributed by atoms with van der Waals surface area (Å²) < 4.78 is 12.0. The Hall–Kier alpha value is -1.30. The van der Waals surface area contributed by atoms with Gasteiger partial charge in [-0.3, -0.25) is 9.69 Å². The van der Waals surface area contributed by atoms with Crippen LogP contribution >= 0.6 is 11.6 Å². The predicted octanol–water partition coefficient (Wildman–Crippen LogP) is 3.99. The largest absolute Gasteiger partial charge is 0.462 e. The molecule has 5 fully saturated rings. The molecule has 6 heteroatoms. The third-order valence-electron chi connectivity index (χ3n) is 9.10. The molecule has 6 atom stereocenters. The van der Waals surface area contributed by atoms with E-state index < -0.39 is 0 Å².